The molecule has 1 heterocycles. The van der Waals surface area contributed by atoms with E-state index in [-0.39, 0.29) is 12.5 Å². The van der Waals surface area contributed by atoms with Crippen LogP contribution in [0.4, 0.5) is 0 Å². The molecule has 5 heteroatoms. The van der Waals surface area contributed by atoms with E-state index in [1.165, 1.54) is 0 Å². The van der Waals surface area contributed by atoms with Gasteiger partial charge in [0.2, 0.25) is 0 Å². The lowest BCUT2D eigenvalue weighted by Crippen LogP contribution is -2.21. The van der Waals surface area contributed by atoms with Crippen LogP contribution in [0.25, 0.3) is 0 Å². The first kappa shape index (κ1) is 15.0. The molecule has 2 aromatic rings. The first-order valence-corrected chi connectivity index (χ1v) is 6.95. The first-order chi connectivity index (χ1) is 10.2. The van der Waals surface area contributed by atoms with Crippen molar-refractivity contribution in [3.05, 3.63) is 47.9 Å². The van der Waals surface area contributed by atoms with Crippen molar-refractivity contribution >= 4 is 5.91 Å². The summed E-state index contributed by atoms with van der Waals surface area (Å²) in [6.45, 7) is 5.27. The van der Waals surface area contributed by atoms with Gasteiger partial charge in [0.1, 0.15) is 23.9 Å². The van der Waals surface area contributed by atoms with Crippen LogP contribution in [0.3, 0.4) is 0 Å². The van der Waals surface area contributed by atoms with E-state index in [0.717, 1.165) is 11.5 Å². The van der Waals surface area contributed by atoms with Crippen molar-refractivity contribution in [2.75, 3.05) is 13.2 Å². The minimum Gasteiger partial charge on any atom is -0.494 e. The third-order valence-electron chi connectivity index (χ3n) is 2.74. The molecule has 2 rings (SSSR count). The van der Waals surface area contributed by atoms with E-state index in [2.05, 4.69) is 5.32 Å². The molecule has 0 fully saturated rings. The second-order valence-corrected chi connectivity index (χ2v) is 4.32. The molecule has 0 saturated heterocycles. The quantitative estimate of drug-likeness (QED) is 0.851. The highest BCUT2D eigenvalue weighted by molar-refractivity contribution is 5.91. The number of furan rings is 1. The Morgan fingerprint density at radius 1 is 1.05 bits per heavy atom. The van der Waals surface area contributed by atoms with Gasteiger partial charge in [-0.2, -0.15) is 0 Å². The van der Waals surface area contributed by atoms with Crippen molar-refractivity contribution in [2.45, 2.75) is 20.5 Å². The number of hydrogen-bond donors (Lipinski definition) is 1. The molecule has 1 aromatic heterocycles. The van der Waals surface area contributed by atoms with Gasteiger partial charge >= 0.3 is 0 Å². The lowest BCUT2D eigenvalue weighted by atomic mass is 10.3. The average Bonchev–Trinajstić information content (AvgIpc) is 2.96. The smallest absolute Gasteiger partial charge is 0.286 e. The van der Waals surface area contributed by atoms with Crippen LogP contribution in [-0.4, -0.2) is 19.1 Å². The van der Waals surface area contributed by atoms with Gasteiger partial charge < -0.3 is 19.2 Å². The van der Waals surface area contributed by atoms with E-state index in [0.29, 0.717) is 24.7 Å². The Hall–Kier alpha value is -2.43. The fraction of sp³-hybridized carbons (Fsp3) is 0.312. The van der Waals surface area contributed by atoms with E-state index >= 15 is 0 Å². The van der Waals surface area contributed by atoms with Gasteiger partial charge in [-0.3, -0.25) is 4.79 Å². The minimum atomic E-state index is -0.218. The summed E-state index contributed by atoms with van der Waals surface area (Å²) >= 11 is 0. The molecule has 21 heavy (non-hydrogen) atoms. The van der Waals surface area contributed by atoms with Crippen LogP contribution in [0.2, 0.25) is 0 Å². The maximum Gasteiger partial charge on any atom is 0.286 e. The summed E-state index contributed by atoms with van der Waals surface area (Å²) in [7, 11) is 0. The zero-order chi connectivity index (χ0) is 15.1. The molecule has 0 unspecified atom stereocenters. The van der Waals surface area contributed by atoms with Crippen LogP contribution in [0.1, 0.15) is 30.2 Å². The largest absolute Gasteiger partial charge is 0.494 e. The third kappa shape index (κ3) is 4.27. The van der Waals surface area contributed by atoms with Crippen LogP contribution in [0.5, 0.6) is 11.5 Å². The van der Waals surface area contributed by atoms with E-state index < -0.39 is 0 Å². The Labute approximate surface area is 123 Å². The highest BCUT2D eigenvalue weighted by Crippen LogP contribution is 2.19. The standard InChI is InChI=1S/C16H19NO4/c1-3-17-16(18)15-10-9-14(21-15)11-20-13-7-5-12(6-8-13)19-4-2/h5-10H,3-4,11H2,1-2H3,(H,17,18). The molecule has 1 amide bonds. The lowest BCUT2D eigenvalue weighted by molar-refractivity contribution is 0.0924. The topological polar surface area (TPSA) is 60.7 Å². The van der Waals surface area contributed by atoms with Crippen molar-refractivity contribution in [2.24, 2.45) is 0 Å². The van der Waals surface area contributed by atoms with Crippen molar-refractivity contribution in [3.63, 3.8) is 0 Å². The summed E-state index contributed by atoms with van der Waals surface area (Å²) in [5.41, 5.74) is 0. The molecule has 0 spiro atoms. The predicted octanol–water partition coefficient (Wildman–Crippen LogP) is 3.01. The van der Waals surface area contributed by atoms with Gasteiger partial charge in [0.25, 0.3) is 5.91 Å². The lowest BCUT2D eigenvalue weighted by Gasteiger charge is -2.06. The summed E-state index contributed by atoms with van der Waals surface area (Å²) in [6, 6.07) is 10.7. The van der Waals surface area contributed by atoms with Gasteiger partial charge in [-0.15, -0.1) is 0 Å². The molecule has 1 aromatic carbocycles. The Bertz CT molecular complexity index is 574. The van der Waals surface area contributed by atoms with Gasteiger partial charge in [0, 0.05) is 6.54 Å². The van der Waals surface area contributed by atoms with Gasteiger partial charge in [0.05, 0.1) is 6.61 Å². The Morgan fingerprint density at radius 3 is 2.33 bits per heavy atom. The number of carbonyl (C=O) groups excluding carboxylic acids is 1. The van der Waals surface area contributed by atoms with Crippen LogP contribution >= 0.6 is 0 Å². The molecule has 0 bridgehead atoms. The number of benzene rings is 1. The highest BCUT2D eigenvalue weighted by Gasteiger charge is 2.10. The summed E-state index contributed by atoms with van der Waals surface area (Å²) in [5.74, 6) is 2.20. The first-order valence-electron chi connectivity index (χ1n) is 6.95. The highest BCUT2D eigenvalue weighted by atomic mass is 16.5. The SMILES string of the molecule is CCNC(=O)c1ccc(COc2ccc(OCC)cc2)o1. The molecule has 1 N–H and O–H groups in total. The van der Waals surface area contributed by atoms with Gasteiger partial charge in [-0.1, -0.05) is 0 Å². The molecule has 112 valence electrons. The Morgan fingerprint density at radius 2 is 1.71 bits per heavy atom. The monoisotopic (exact) mass is 289 g/mol. The van der Waals surface area contributed by atoms with Crippen LogP contribution in [0.15, 0.2) is 40.8 Å². The third-order valence-corrected chi connectivity index (χ3v) is 2.74. The Balaban J connectivity index is 1.89. The fourth-order valence-electron chi connectivity index (χ4n) is 1.78. The number of ether oxygens (including phenoxy) is 2. The molecular formula is C16H19NO4. The number of nitrogens with one attached hydrogen (secondary N) is 1. The van der Waals surface area contributed by atoms with Crippen molar-refractivity contribution in [3.8, 4) is 11.5 Å². The average molecular weight is 289 g/mol. The van der Waals surface area contributed by atoms with E-state index in [1.54, 1.807) is 12.1 Å². The maximum atomic E-state index is 11.6. The van der Waals surface area contributed by atoms with Gasteiger partial charge in [-0.25, -0.2) is 0 Å². The molecule has 0 atom stereocenters. The number of rotatable bonds is 7. The zero-order valence-electron chi connectivity index (χ0n) is 12.2. The summed E-state index contributed by atoms with van der Waals surface area (Å²) in [4.78, 5) is 11.6. The summed E-state index contributed by atoms with van der Waals surface area (Å²) in [5, 5.41) is 2.68. The van der Waals surface area contributed by atoms with E-state index in [4.69, 9.17) is 13.9 Å². The maximum absolute atomic E-state index is 11.6. The number of amides is 1. The van der Waals surface area contributed by atoms with Crippen LogP contribution < -0.4 is 14.8 Å². The fourth-order valence-corrected chi connectivity index (χ4v) is 1.78. The molecule has 5 nitrogen and oxygen atoms in total. The second-order valence-electron chi connectivity index (χ2n) is 4.32. The Kier molecular flexibility index (Phi) is 5.26. The minimum absolute atomic E-state index is 0.218. The zero-order valence-corrected chi connectivity index (χ0v) is 12.2. The van der Waals surface area contributed by atoms with Gasteiger partial charge in [-0.05, 0) is 50.2 Å². The van der Waals surface area contributed by atoms with Crippen molar-refractivity contribution < 1.29 is 18.7 Å². The molecule has 0 saturated carbocycles. The predicted molar refractivity (Wildman–Crippen MR) is 78.7 cm³/mol. The van der Waals surface area contributed by atoms with Gasteiger partial charge in [0.15, 0.2) is 5.76 Å². The molecule has 0 aliphatic carbocycles. The second kappa shape index (κ2) is 7.38. The molecular weight excluding hydrogens is 270 g/mol. The normalized spacial score (nSPS) is 10.2. The number of carbonyl (C=O) groups is 1. The van der Waals surface area contributed by atoms with Crippen LogP contribution in [0, 0.1) is 0 Å². The molecule has 0 aliphatic rings. The summed E-state index contributed by atoms with van der Waals surface area (Å²) in [6.07, 6.45) is 0. The van der Waals surface area contributed by atoms with E-state index in [9.17, 15) is 4.79 Å². The summed E-state index contributed by atoms with van der Waals surface area (Å²) < 4.78 is 16.4. The van der Waals surface area contributed by atoms with Crippen molar-refractivity contribution in [1.29, 1.82) is 0 Å². The molecule has 0 aliphatic heterocycles. The van der Waals surface area contributed by atoms with Crippen LogP contribution in [-0.2, 0) is 6.61 Å². The number of hydrogen-bond acceptors (Lipinski definition) is 4. The van der Waals surface area contributed by atoms with E-state index in [1.807, 2.05) is 38.1 Å². The van der Waals surface area contributed by atoms with Crippen molar-refractivity contribution in [1.82, 2.24) is 5.32 Å². The molecule has 0 radical (unpaired) electrons.